The van der Waals surface area contributed by atoms with Crippen molar-refractivity contribution in [3.05, 3.63) is 28.8 Å². The van der Waals surface area contributed by atoms with E-state index in [0.29, 0.717) is 17.9 Å². The van der Waals surface area contributed by atoms with Crippen LogP contribution in [0.3, 0.4) is 0 Å². The van der Waals surface area contributed by atoms with Gasteiger partial charge in [-0.3, -0.25) is 0 Å². The van der Waals surface area contributed by atoms with Gasteiger partial charge in [0.15, 0.2) is 0 Å². The molecule has 0 radical (unpaired) electrons. The molecule has 0 spiro atoms. The van der Waals surface area contributed by atoms with Gasteiger partial charge in [-0.2, -0.15) is 0 Å². The molecule has 0 atom stereocenters. The first-order valence-corrected chi connectivity index (χ1v) is 7.43. The summed E-state index contributed by atoms with van der Waals surface area (Å²) in [7, 11) is 1.63. The summed E-state index contributed by atoms with van der Waals surface area (Å²) in [5.74, 6) is 0.699. The lowest BCUT2D eigenvalue weighted by atomic mass is 9.74. The number of alkyl halides is 1. The van der Waals surface area contributed by atoms with Gasteiger partial charge in [0.25, 0.3) is 0 Å². The summed E-state index contributed by atoms with van der Waals surface area (Å²) in [4.78, 5) is 0. The quantitative estimate of drug-likeness (QED) is 0.905. The van der Waals surface area contributed by atoms with E-state index in [-0.39, 0.29) is 5.41 Å². The number of methoxy groups -OCH3 is 1. The Bertz CT molecular complexity index is 484. The van der Waals surface area contributed by atoms with Crippen LogP contribution in [0.1, 0.15) is 56.2 Å². The average molecular weight is 279 g/mol. The normalized spacial score (nSPS) is 18.3. The maximum Gasteiger partial charge on any atom is 0.134 e. The number of hydrogen-bond donors (Lipinski definition) is 1. The maximum absolute atomic E-state index is 14.5. The first-order chi connectivity index (χ1) is 9.35. The smallest absolute Gasteiger partial charge is 0.134 e. The number of ether oxygens (including phenoxy) is 1. The lowest BCUT2D eigenvalue weighted by molar-refractivity contribution is 0.212. The second kappa shape index (κ2) is 5.36. The molecule has 0 bridgehead atoms. The van der Waals surface area contributed by atoms with Gasteiger partial charge in [0.2, 0.25) is 0 Å². The molecule has 1 aliphatic carbocycles. The largest absolute Gasteiger partial charge is 0.496 e. The van der Waals surface area contributed by atoms with Crippen LogP contribution in [0.2, 0.25) is 0 Å². The summed E-state index contributed by atoms with van der Waals surface area (Å²) in [6.07, 6.45) is 4.50. The van der Waals surface area contributed by atoms with Gasteiger partial charge in [0, 0.05) is 23.1 Å². The van der Waals surface area contributed by atoms with E-state index >= 15 is 0 Å². The van der Waals surface area contributed by atoms with E-state index in [9.17, 15) is 4.39 Å². The van der Waals surface area contributed by atoms with Crippen molar-refractivity contribution in [1.82, 2.24) is 0 Å². The summed E-state index contributed by atoms with van der Waals surface area (Å²) in [5, 5.41) is 0. The summed E-state index contributed by atoms with van der Waals surface area (Å²) in [5.41, 5.74) is 7.55. The Balaban J connectivity index is 2.68. The lowest BCUT2D eigenvalue weighted by Crippen LogP contribution is -2.34. The van der Waals surface area contributed by atoms with E-state index in [1.54, 1.807) is 21.0 Å². The number of halogens is 1. The van der Waals surface area contributed by atoms with Crippen LogP contribution in [0.4, 0.5) is 4.39 Å². The number of aryl methyl sites for hydroxylation is 1. The van der Waals surface area contributed by atoms with Crippen LogP contribution < -0.4 is 10.5 Å². The molecule has 2 nitrogen and oxygen atoms in total. The van der Waals surface area contributed by atoms with Gasteiger partial charge in [0.05, 0.1) is 7.11 Å². The Kier molecular flexibility index (Phi) is 4.10. The van der Waals surface area contributed by atoms with Crippen molar-refractivity contribution >= 4 is 0 Å². The Hall–Kier alpha value is -1.09. The van der Waals surface area contributed by atoms with Crippen molar-refractivity contribution in [3.8, 4) is 5.75 Å². The van der Waals surface area contributed by atoms with Crippen molar-refractivity contribution in [1.29, 1.82) is 0 Å². The molecule has 0 aromatic heterocycles. The van der Waals surface area contributed by atoms with Crippen LogP contribution in [-0.4, -0.2) is 13.7 Å². The minimum absolute atomic E-state index is 0.0450. The summed E-state index contributed by atoms with van der Waals surface area (Å²) >= 11 is 0. The van der Waals surface area contributed by atoms with E-state index in [0.717, 1.165) is 24.0 Å². The molecule has 0 amide bonds. The highest BCUT2D eigenvalue weighted by molar-refractivity contribution is 5.53. The van der Waals surface area contributed by atoms with Crippen LogP contribution in [0.25, 0.3) is 0 Å². The van der Waals surface area contributed by atoms with E-state index in [4.69, 9.17) is 10.5 Å². The summed E-state index contributed by atoms with van der Waals surface area (Å²) in [6, 6.07) is 3.85. The van der Waals surface area contributed by atoms with Crippen LogP contribution in [0.5, 0.6) is 5.75 Å². The molecule has 1 aliphatic rings. The summed E-state index contributed by atoms with van der Waals surface area (Å²) < 4.78 is 20.1. The molecule has 1 saturated carbocycles. The van der Waals surface area contributed by atoms with Gasteiger partial charge < -0.3 is 10.5 Å². The van der Waals surface area contributed by atoms with Crippen molar-refractivity contribution in [2.45, 2.75) is 57.5 Å². The molecule has 0 saturated heterocycles. The van der Waals surface area contributed by atoms with Gasteiger partial charge in [-0.15, -0.1) is 0 Å². The van der Waals surface area contributed by atoms with E-state index in [1.807, 2.05) is 12.1 Å². The molecule has 112 valence electrons. The molecular formula is C17H26FNO. The molecular weight excluding hydrogens is 253 g/mol. The van der Waals surface area contributed by atoms with Crippen LogP contribution in [0, 0.1) is 6.92 Å². The highest BCUT2D eigenvalue weighted by Gasteiger charge is 2.39. The molecule has 0 aliphatic heterocycles. The Morgan fingerprint density at radius 2 is 1.90 bits per heavy atom. The molecule has 1 fully saturated rings. The fraction of sp³-hybridized carbons (Fsp3) is 0.647. The van der Waals surface area contributed by atoms with Crippen molar-refractivity contribution in [3.63, 3.8) is 0 Å². The molecule has 3 heteroatoms. The first kappa shape index (κ1) is 15.3. The maximum atomic E-state index is 14.5. The Morgan fingerprint density at radius 1 is 1.30 bits per heavy atom. The first-order valence-electron chi connectivity index (χ1n) is 7.43. The van der Waals surface area contributed by atoms with Crippen molar-refractivity contribution < 1.29 is 9.13 Å². The SMILES string of the molecule is COc1c(C(C)(C)F)ccc(C)c1C1(CN)CCCC1. The van der Waals surface area contributed by atoms with Crippen LogP contribution in [0.15, 0.2) is 12.1 Å². The van der Waals surface area contributed by atoms with Crippen LogP contribution in [-0.2, 0) is 11.1 Å². The third kappa shape index (κ3) is 2.44. The Morgan fingerprint density at radius 3 is 2.35 bits per heavy atom. The minimum atomic E-state index is -1.41. The predicted octanol–water partition coefficient (Wildman–Crippen LogP) is 3.98. The number of nitrogens with two attached hydrogens (primary N) is 1. The molecule has 2 rings (SSSR count). The Labute approximate surface area is 121 Å². The molecule has 1 aromatic carbocycles. The highest BCUT2D eigenvalue weighted by atomic mass is 19.1. The zero-order valence-electron chi connectivity index (χ0n) is 13.1. The zero-order chi connectivity index (χ0) is 15.0. The van der Waals surface area contributed by atoms with Gasteiger partial charge >= 0.3 is 0 Å². The predicted molar refractivity (Wildman–Crippen MR) is 81.1 cm³/mol. The zero-order valence-corrected chi connectivity index (χ0v) is 13.1. The second-order valence-electron chi connectivity index (χ2n) is 6.50. The topological polar surface area (TPSA) is 35.2 Å². The third-order valence-corrected chi connectivity index (χ3v) is 4.69. The number of hydrogen-bond acceptors (Lipinski definition) is 2. The van der Waals surface area contributed by atoms with Crippen molar-refractivity contribution in [2.75, 3.05) is 13.7 Å². The molecule has 0 unspecified atom stereocenters. The molecule has 20 heavy (non-hydrogen) atoms. The lowest BCUT2D eigenvalue weighted by Gasteiger charge is -2.33. The fourth-order valence-electron chi connectivity index (χ4n) is 3.63. The van der Waals surface area contributed by atoms with Crippen LogP contribution >= 0.6 is 0 Å². The fourth-order valence-corrected chi connectivity index (χ4v) is 3.63. The van der Waals surface area contributed by atoms with Gasteiger partial charge in [-0.05, 0) is 39.2 Å². The number of benzene rings is 1. The second-order valence-corrected chi connectivity index (χ2v) is 6.50. The van der Waals surface area contributed by atoms with E-state index < -0.39 is 5.67 Å². The average Bonchev–Trinajstić information content (AvgIpc) is 2.86. The van der Waals surface area contributed by atoms with Gasteiger partial charge in [0.1, 0.15) is 11.4 Å². The summed E-state index contributed by atoms with van der Waals surface area (Å²) in [6.45, 7) is 5.82. The van der Waals surface area contributed by atoms with Gasteiger partial charge in [-0.25, -0.2) is 4.39 Å². The minimum Gasteiger partial charge on any atom is -0.496 e. The monoisotopic (exact) mass is 279 g/mol. The van der Waals surface area contributed by atoms with Crippen molar-refractivity contribution in [2.24, 2.45) is 5.73 Å². The van der Waals surface area contributed by atoms with Gasteiger partial charge in [-0.1, -0.05) is 25.0 Å². The standard InChI is InChI=1S/C17H26FNO/c1-12-7-8-13(16(2,3)18)15(20-4)14(12)17(11-19)9-5-6-10-17/h7-8H,5-6,9-11,19H2,1-4H3. The number of rotatable bonds is 4. The third-order valence-electron chi connectivity index (χ3n) is 4.69. The molecule has 1 aromatic rings. The van der Waals surface area contributed by atoms with E-state index in [1.165, 1.54) is 12.8 Å². The molecule has 2 N–H and O–H groups in total. The molecule has 0 heterocycles. The van der Waals surface area contributed by atoms with E-state index in [2.05, 4.69) is 6.92 Å². The highest BCUT2D eigenvalue weighted by Crippen LogP contribution is 2.48.